The molecular weight excluding hydrogens is 211 g/mol. The highest BCUT2D eigenvalue weighted by Gasteiger charge is 2.15. The van der Waals surface area contributed by atoms with Gasteiger partial charge in [-0.1, -0.05) is 0 Å². The molecule has 0 aliphatic rings. The summed E-state index contributed by atoms with van der Waals surface area (Å²) >= 11 is 0. The number of rotatable bonds is 1. The van der Waals surface area contributed by atoms with E-state index in [4.69, 9.17) is 5.11 Å². The standard InChI is InChI=1S/C10H11N2O2P/c1-5-3-6-7(4-8(5)15)12(2)11-9(6)10(13)14/h3-4H,15H2,1-2H3,(H,13,14). The van der Waals surface area contributed by atoms with Gasteiger partial charge in [-0.25, -0.2) is 4.79 Å². The summed E-state index contributed by atoms with van der Waals surface area (Å²) in [4.78, 5) is 10.9. The Hall–Kier alpha value is -1.41. The maximum absolute atomic E-state index is 10.9. The summed E-state index contributed by atoms with van der Waals surface area (Å²) in [6.07, 6.45) is 0. The average Bonchev–Trinajstić information content (AvgIpc) is 2.45. The minimum atomic E-state index is -0.989. The first-order valence-electron chi connectivity index (χ1n) is 4.47. The molecule has 0 saturated carbocycles. The zero-order valence-electron chi connectivity index (χ0n) is 8.48. The second-order valence-electron chi connectivity index (χ2n) is 3.50. The predicted molar refractivity (Wildman–Crippen MR) is 61.8 cm³/mol. The van der Waals surface area contributed by atoms with Gasteiger partial charge in [0.1, 0.15) is 0 Å². The molecule has 1 atom stereocenters. The monoisotopic (exact) mass is 222 g/mol. The first-order valence-corrected chi connectivity index (χ1v) is 5.04. The van der Waals surface area contributed by atoms with Gasteiger partial charge in [0.25, 0.3) is 0 Å². The lowest BCUT2D eigenvalue weighted by molar-refractivity contribution is 0.0691. The second-order valence-corrected chi connectivity index (χ2v) is 4.13. The number of hydrogen-bond donors (Lipinski definition) is 1. The molecule has 5 heteroatoms. The molecule has 1 aromatic carbocycles. The molecule has 0 bridgehead atoms. The molecule has 0 fully saturated rings. The Morgan fingerprint density at radius 2 is 2.20 bits per heavy atom. The molecule has 4 nitrogen and oxygen atoms in total. The van der Waals surface area contributed by atoms with Crippen LogP contribution >= 0.6 is 9.24 Å². The Balaban J connectivity index is 2.88. The van der Waals surface area contributed by atoms with E-state index in [9.17, 15) is 4.79 Å². The molecule has 0 radical (unpaired) electrons. The quantitative estimate of drug-likeness (QED) is 0.734. The number of benzene rings is 1. The molecule has 1 heterocycles. The highest BCUT2D eigenvalue weighted by Crippen LogP contribution is 2.19. The van der Waals surface area contributed by atoms with Gasteiger partial charge in [0.05, 0.1) is 5.52 Å². The van der Waals surface area contributed by atoms with Crippen LogP contribution in [0.5, 0.6) is 0 Å². The lowest BCUT2D eigenvalue weighted by Gasteiger charge is -2.00. The fourth-order valence-electron chi connectivity index (χ4n) is 1.59. The van der Waals surface area contributed by atoms with Gasteiger partial charge in [0.15, 0.2) is 5.69 Å². The third kappa shape index (κ3) is 1.51. The van der Waals surface area contributed by atoms with E-state index in [0.717, 1.165) is 16.4 Å². The average molecular weight is 222 g/mol. The number of aromatic nitrogens is 2. The molecular formula is C10H11N2O2P. The maximum atomic E-state index is 10.9. The van der Waals surface area contributed by atoms with Gasteiger partial charge in [-0.2, -0.15) is 5.10 Å². The smallest absolute Gasteiger partial charge is 0.357 e. The summed E-state index contributed by atoms with van der Waals surface area (Å²) in [7, 11) is 4.37. The van der Waals surface area contributed by atoms with Gasteiger partial charge in [-0.3, -0.25) is 4.68 Å². The topological polar surface area (TPSA) is 55.1 Å². The predicted octanol–water partition coefficient (Wildman–Crippen LogP) is 1.08. The Labute approximate surface area is 89.1 Å². The van der Waals surface area contributed by atoms with E-state index in [-0.39, 0.29) is 5.69 Å². The van der Waals surface area contributed by atoms with E-state index in [1.807, 2.05) is 19.1 Å². The van der Waals surface area contributed by atoms with Crippen molar-refractivity contribution in [2.24, 2.45) is 7.05 Å². The summed E-state index contributed by atoms with van der Waals surface area (Å²) in [6.45, 7) is 1.94. The molecule has 15 heavy (non-hydrogen) atoms. The Bertz CT molecular complexity index is 560. The Kier molecular flexibility index (Phi) is 2.24. The normalized spacial score (nSPS) is 10.9. The van der Waals surface area contributed by atoms with Crippen LogP contribution in [-0.2, 0) is 7.05 Å². The highest BCUT2D eigenvalue weighted by molar-refractivity contribution is 7.27. The number of hydrogen-bond acceptors (Lipinski definition) is 2. The molecule has 1 aromatic heterocycles. The molecule has 2 rings (SSSR count). The van der Waals surface area contributed by atoms with E-state index in [1.165, 1.54) is 0 Å². The van der Waals surface area contributed by atoms with Gasteiger partial charge in [0, 0.05) is 12.4 Å². The van der Waals surface area contributed by atoms with Crippen molar-refractivity contribution in [2.45, 2.75) is 6.92 Å². The molecule has 0 aliphatic carbocycles. The molecule has 0 aliphatic heterocycles. The van der Waals surface area contributed by atoms with E-state index < -0.39 is 5.97 Å². The number of carboxylic acids is 1. The fourth-order valence-corrected chi connectivity index (χ4v) is 1.83. The summed E-state index contributed by atoms with van der Waals surface area (Å²) in [5, 5.41) is 14.7. The second kappa shape index (κ2) is 3.31. The van der Waals surface area contributed by atoms with Crippen LogP contribution in [0.4, 0.5) is 0 Å². The lowest BCUT2D eigenvalue weighted by atomic mass is 10.1. The van der Waals surface area contributed by atoms with Gasteiger partial charge in [-0.05, 0) is 29.9 Å². The molecule has 0 saturated heterocycles. The lowest BCUT2D eigenvalue weighted by Crippen LogP contribution is -1.99. The maximum Gasteiger partial charge on any atom is 0.357 e. The number of aryl methyl sites for hydroxylation is 2. The number of fused-ring (bicyclic) bond motifs is 1. The zero-order chi connectivity index (χ0) is 11.2. The van der Waals surface area contributed by atoms with Crippen LogP contribution in [0.2, 0.25) is 0 Å². The fraction of sp³-hybridized carbons (Fsp3) is 0.200. The molecule has 1 N–H and O–H groups in total. The number of aromatic carboxylic acids is 1. The van der Waals surface area contributed by atoms with Crippen molar-refractivity contribution in [1.82, 2.24) is 9.78 Å². The van der Waals surface area contributed by atoms with Crippen molar-refractivity contribution in [3.05, 3.63) is 23.4 Å². The molecule has 2 aromatic rings. The number of carbonyl (C=O) groups is 1. The van der Waals surface area contributed by atoms with Crippen LogP contribution in [-0.4, -0.2) is 20.9 Å². The van der Waals surface area contributed by atoms with E-state index >= 15 is 0 Å². The number of carboxylic acid groups (broad SMARTS) is 1. The van der Waals surface area contributed by atoms with Crippen LogP contribution in [0.3, 0.4) is 0 Å². The molecule has 1 unspecified atom stereocenters. The summed E-state index contributed by atoms with van der Waals surface area (Å²) < 4.78 is 1.59. The van der Waals surface area contributed by atoms with Crippen LogP contribution < -0.4 is 5.30 Å². The van der Waals surface area contributed by atoms with Gasteiger partial charge in [0.2, 0.25) is 0 Å². The van der Waals surface area contributed by atoms with Crippen molar-refractivity contribution in [1.29, 1.82) is 0 Å². The molecule has 78 valence electrons. The van der Waals surface area contributed by atoms with Crippen molar-refractivity contribution >= 4 is 31.4 Å². The van der Waals surface area contributed by atoms with Gasteiger partial charge >= 0.3 is 5.97 Å². The van der Waals surface area contributed by atoms with Crippen LogP contribution in [0, 0.1) is 6.92 Å². The Morgan fingerprint density at radius 1 is 1.53 bits per heavy atom. The summed E-state index contributed by atoms with van der Waals surface area (Å²) in [5.41, 5.74) is 1.99. The van der Waals surface area contributed by atoms with Crippen LogP contribution in [0.1, 0.15) is 16.1 Å². The minimum absolute atomic E-state index is 0.112. The van der Waals surface area contributed by atoms with Crippen molar-refractivity contribution < 1.29 is 9.90 Å². The first kappa shape index (κ1) is 10.1. The van der Waals surface area contributed by atoms with E-state index in [0.29, 0.717) is 5.39 Å². The van der Waals surface area contributed by atoms with Crippen molar-refractivity contribution in [2.75, 3.05) is 0 Å². The summed E-state index contributed by atoms with van der Waals surface area (Å²) in [5.74, 6) is -0.989. The van der Waals surface area contributed by atoms with Crippen LogP contribution in [0.15, 0.2) is 12.1 Å². The number of nitrogens with zero attached hydrogens (tertiary/aromatic N) is 2. The van der Waals surface area contributed by atoms with Crippen molar-refractivity contribution in [3.63, 3.8) is 0 Å². The highest BCUT2D eigenvalue weighted by atomic mass is 31.0. The zero-order valence-corrected chi connectivity index (χ0v) is 9.64. The molecule has 0 amide bonds. The van der Waals surface area contributed by atoms with E-state index in [1.54, 1.807) is 11.7 Å². The third-order valence-electron chi connectivity index (χ3n) is 2.44. The largest absolute Gasteiger partial charge is 0.476 e. The Morgan fingerprint density at radius 3 is 2.80 bits per heavy atom. The SMILES string of the molecule is Cc1cc2c(C(=O)O)nn(C)c2cc1P. The van der Waals surface area contributed by atoms with Gasteiger partial charge in [-0.15, -0.1) is 9.24 Å². The first-order chi connectivity index (χ1) is 7.00. The minimum Gasteiger partial charge on any atom is -0.476 e. The third-order valence-corrected chi connectivity index (χ3v) is 3.06. The van der Waals surface area contributed by atoms with Crippen molar-refractivity contribution in [3.8, 4) is 0 Å². The van der Waals surface area contributed by atoms with E-state index in [2.05, 4.69) is 14.3 Å². The van der Waals surface area contributed by atoms with Gasteiger partial charge < -0.3 is 5.11 Å². The van der Waals surface area contributed by atoms with Crippen LogP contribution in [0.25, 0.3) is 10.9 Å². The summed E-state index contributed by atoms with van der Waals surface area (Å²) in [6, 6.07) is 3.78. The molecule has 0 spiro atoms.